The second-order valence-electron chi connectivity index (χ2n) is 5.02. The summed E-state index contributed by atoms with van der Waals surface area (Å²) in [6.07, 6.45) is 3.23. The van der Waals surface area contributed by atoms with Gasteiger partial charge >= 0.3 is 0 Å². The average Bonchev–Trinajstić information content (AvgIpc) is 3.09. The maximum Gasteiger partial charge on any atom is 0.266 e. The highest BCUT2D eigenvalue weighted by molar-refractivity contribution is 5.94. The number of carbonyl (C=O) groups is 1. The van der Waals surface area contributed by atoms with Crippen LogP contribution in [0, 0.1) is 0 Å². The summed E-state index contributed by atoms with van der Waals surface area (Å²) in [6, 6.07) is 10.2. The van der Waals surface area contributed by atoms with E-state index in [0.717, 1.165) is 11.3 Å². The monoisotopic (exact) mass is 309 g/mol. The third kappa shape index (κ3) is 3.34. The van der Waals surface area contributed by atoms with Crippen molar-refractivity contribution in [2.45, 2.75) is 6.54 Å². The molecule has 7 heteroatoms. The molecular formula is C16H15N5O2. The zero-order chi connectivity index (χ0) is 16.2. The van der Waals surface area contributed by atoms with Gasteiger partial charge < -0.3 is 10.3 Å². The van der Waals surface area contributed by atoms with E-state index in [0.29, 0.717) is 17.8 Å². The number of nitrogens with zero attached hydrogens (tertiary/aromatic N) is 3. The standard InChI is InChI=1S/C16H15N5O2/c1-21-15(22)7-6-14(20-21)11-2-4-12(5-3-11)16(23)18-9-13-8-17-10-19-13/h2-8,10H,9H2,1H3,(H,17,19)(H,18,23). The molecule has 0 fully saturated rings. The zero-order valence-corrected chi connectivity index (χ0v) is 12.5. The molecule has 0 aliphatic heterocycles. The Labute approximate surface area is 132 Å². The summed E-state index contributed by atoms with van der Waals surface area (Å²) in [6.45, 7) is 0.392. The van der Waals surface area contributed by atoms with Crippen LogP contribution in [0.4, 0.5) is 0 Å². The Morgan fingerprint density at radius 3 is 2.65 bits per heavy atom. The number of aryl methyl sites for hydroxylation is 1. The molecule has 23 heavy (non-hydrogen) atoms. The smallest absolute Gasteiger partial charge is 0.266 e. The van der Waals surface area contributed by atoms with E-state index in [1.807, 2.05) is 0 Å². The SMILES string of the molecule is Cn1nc(-c2ccc(C(=O)NCc3cnc[nH]3)cc2)ccc1=O. The molecule has 0 saturated heterocycles. The van der Waals surface area contributed by atoms with Gasteiger partial charge in [-0.1, -0.05) is 12.1 Å². The summed E-state index contributed by atoms with van der Waals surface area (Å²) in [7, 11) is 1.60. The van der Waals surface area contributed by atoms with Crippen LogP contribution in [0.3, 0.4) is 0 Å². The van der Waals surface area contributed by atoms with Crippen molar-refractivity contribution >= 4 is 5.91 Å². The molecule has 1 aromatic carbocycles. The number of H-pyrrole nitrogens is 1. The first-order valence-electron chi connectivity index (χ1n) is 7.04. The Balaban J connectivity index is 1.72. The van der Waals surface area contributed by atoms with Crippen molar-refractivity contribution in [3.8, 4) is 11.3 Å². The second kappa shape index (κ2) is 6.27. The Bertz CT molecular complexity index is 866. The second-order valence-corrected chi connectivity index (χ2v) is 5.02. The molecular weight excluding hydrogens is 294 g/mol. The number of aromatic nitrogens is 4. The summed E-state index contributed by atoms with van der Waals surface area (Å²) in [5.41, 5.74) is 2.74. The molecule has 2 heterocycles. The lowest BCUT2D eigenvalue weighted by Crippen LogP contribution is -2.22. The summed E-state index contributed by atoms with van der Waals surface area (Å²) in [4.78, 5) is 30.3. The van der Waals surface area contributed by atoms with Gasteiger partial charge in [0.25, 0.3) is 11.5 Å². The van der Waals surface area contributed by atoms with Gasteiger partial charge in [-0.2, -0.15) is 5.10 Å². The van der Waals surface area contributed by atoms with Crippen molar-refractivity contribution in [2.75, 3.05) is 0 Å². The molecule has 1 amide bonds. The first-order chi connectivity index (χ1) is 11.1. The third-order valence-electron chi connectivity index (χ3n) is 3.40. The predicted molar refractivity (Wildman–Crippen MR) is 84.7 cm³/mol. The molecule has 3 aromatic rings. The Hall–Kier alpha value is -3.22. The maximum atomic E-state index is 12.1. The average molecular weight is 309 g/mol. The number of imidazole rings is 1. The number of aromatic amines is 1. The minimum Gasteiger partial charge on any atom is -0.347 e. The van der Waals surface area contributed by atoms with Crippen molar-refractivity contribution < 1.29 is 4.79 Å². The van der Waals surface area contributed by atoms with Crippen molar-refractivity contribution in [3.63, 3.8) is 0 Å². The van der Waals surface area contributed by atoms with Gasteiger partial charge in [-0.05, 0) is 18.2 Å². The fraction of sp³-hybridized carbons (Fsp3) is 0.125. The molecule has 0 aliphatic rings. The van der Waals surface area contributed by atoms with E-state index in [-0.39, 0.29) is 11.5 Å². The van der Waals surface area contributed by atoms with E-state index in [1.54, 1.807) is 49.9 Å². The van der Waals surface area contributed by atoms with E-state index in [2.05, 4.69) is 20.4 Å². The van der Waals surface area contributed by atoms with E-state index >= 15 is 0 Å². The largest absolute Gasteiger partial charge is 0.347 e. The van der Waals surface area contributed by atoms with Crippen LogP contribution in [-0.2, 0) is 13.6 Å². The van der Waals surface area contributed by atoms with Crippen molar-refractivity contribution in [1.82, 2.24) is 25.1 Å². The van der Waals surface area contributed by atoms with Crippen LogP contribution in [0.2, 0.25) is 0 Å². The molecule has 0 aliphatic carbocycles. The highest BCUT2D eigenvalue weighted by Gasteiger charge is 2.07. The highest BCUT2D eigenvalue weighted by atomic mass is 16.1. The number of benzene rings is 1. The fourth-order valence-corrected chi connectivity index (χ4v) is 2.11. The molecule has 0 spiro atoms. The molecule has 0 saturated carbocycles. The lowest BCUT2D eigenvalue weighted by Gasteiger charge is -2.06. The van der Waals surface area contributed by atoms with E-state index in [1.165, 1.54) is 10.7 Å². The van der Waals surface area contributed by atoms with Gasteiger partial charge in [-0.25, -0.2) is 9.67 Å². The number of rotatable bonds is 4. The zero-order valence-electron chi connectivity index (χ0n) is 12.5. The van der Waals surface area contributed by atoms with Crippen LogP contribution in [0.15, 0.2) is 53.7 Å². The van der Waals surface area contributed by atoms with Gasteiger partial charge in [-0.15, -0.1) is 0 Å². The van der Waals surface area contributed by atoms with E-state index in [4.69, 9.17) is 0 Å². The normalized spacial score (nSPS) is 10.5. The van der Waals surface area contributed by atoms with Crippen LogP contribution in [0.5, 0.6) is 0 Å². The molecule has 2 N–H and O–H groups in total. The summed E-state index contributed by atoms with van der Waals surface area (Å²) >= 11 is 0. The molecule has 3 rings (SSSR count). The molecule has 2 aromatic heterocycles. The minimum atomic E-state index is -0.167. The lowest BCUT2D eigenvalue weighted by atomic mass is 10.1. The topological polar surface area (TPSA) is 92.7 Å². The Morgan fingerprint density at radius 2 is 2.00 bits per heavy atom. The van der Waals surface area contributed by atoms with Gasteiger partial charge in [0.1, 0.15) is 0 Å². The highest BCUT2D eigenvalue weighted by Crippen LogP contribution is 2.16. The van der Waals surface area contributed by atoms with Crippen LogP contribution < -0.4 is 10.9 Å². The van der Waals surface area contributed by atoms with Crippen LogP contribution in [0.25, 0.3) is 11.3 Å². The van der Waals surface area contributed by atoms with Crippen molar-refractivity contribution in [1.29, 1.82) is 0 Å². The first-order valence-corrected chi connectivity index (χ1v) is 7.04. The van der Waals surface area contributed by atoms with E-state index in [9.17, 15) is 9.59 Å². The lowest BCUT2D eigenvalue weighted by molar-refractivity contribution is 0.0950. The maximum absolute atomic E-state index is 12.1. The summed E-state index contributed by atoms with van der Waals surface area (Å²) < 4.78 is 1.28. The summed E-state index contributed by atoms with van der Waals surface area (Å²) in [5.74, 6) is -0.167. The third-order valence-corrected chi connectivity index (χ3v) is 3.40. The van der Waals surface area contributed by atoms with Gasteiger partial charge in [-0.3, -0.25) is 9.59 Å². The quantitative estimate of drug-likeness (QED) is 0.755. The van der Waals surface area contributed by atoms with Gasteiger partial charge in [0, 0.05) is 30.4 Å². The fourth-order valence-electron chi connectivity index (χ4n) is 2.11. The van der Waals surface area contributed by atoms with Gasteiger partial charge in [0.2, 0.25) is 0 Å². The van der Waals surface area contributed by atoms with Crippen LogP contribution in [0.1, 0.15) is 16.1 Å². The Morgan fingerprint density at radius 1 is 1.22 bits per heavy atom. The van der Waals surface area contributed by atoms with Crippen molar-refractivity contribution in [2.24, 2.45) is 7.05 Å². The Kier molecular flexibility index (Phi) is 4.01. The molecule has 0 unspecified atom stereocenters. The van der Waals surface area contributed by atoms with Crippen LogP contribution >= 0.6 is 0 Å². The van der Waals surface area contributed by atoms with Crippen molar-refractivity contribution in [3.05, 3.63) is 70.5 Å². The number of nitrogens with one attached hydrogen (secondary N) is 2. The number of hydrogen-bond acceptors (Lipinski definition) is 4. The molecule has 0 radical (unpaired) electrons. The predicted octanol–water partition coefficient (Wildman–Crippen LogP) is 1.10. The van der Waals surface area contributed by atoms with Crippen LogP contribution in [-0.4, -0.2) is 25.7 Å². The number of hydrogen-bond donors (Lipinski definition) is 2. The molecule has 0 bridgehead atoms. The van der Waals surface area contributed by atoms with Gasteiger partial charge in [0.15, 0.2) is 0 Å². The summed E-state index contributed by atoms with van der Waals surface area (Å²) in [5, 5.41) is 6.99. The van der Waals surface area contributed by atoms with Gasteiger partial charge in [0.05, 0.1) is 24.3 Å². The number of amides is 1. The first kappa shape index (κ1) is 14.7. The van der Waals surface area contributed by atoms with E-state index < -0.39 is 0 Å². The molecule has 7 nitrogen and oxygen atoms in total. The molecule has 0 atom stereocenters. The number of carbonyl (C=O) groups excluding carboxylic acids is 1. The molecule has 116 valence electrons. The minimum absolute atomic E-state index is 0.163.